The molecule has 1 aromatic carbocycles. The van der Waals surface area contributed by atoms with Crippen molar-refractivity contribution in [2.24, 2.45) is 4.99 Å². The van der Waals surface area contributed by atoms with Gasteiger partial charge >= 0.3 is 0 Å². The number of aromatic nitrogens is 1. The van der Waals surface area contributed by atoms with Crippen molar-refractivity contribution in [1.82, 2.24) is 4.98 Å². The smallest absolute Gasteiger partial charge is 0.154 e. The van der Waals surface area contributed by atoms with Crippen LogP contribution in [0.5, 0.6) is 0 Å². The molecule has 0 atom stereocenters. The highest BCUT2D eigenvalue weighted by atomic mass is 16.5. The SMILES string of the molecule is C1=C2N=c3ccccc3=C2OCc2ncccc21. The summed E-state index contributed by atoms with van der Waals surface area (Å²) in [5.41, 5.74) is 2.93. The summed E-state index contributed by atoms with van der Waals surface area (Å²) in [6, 6.07) is 12.0. The zero-order valence-electron chi connectivity index (χ0n) is 9.63. The second kappa shape index (κ2) is 3.53. The summed E-state index contributed by atoms with van der Waals surface area (Å²) in [6.45, 7) is 0.495. The van der Waals surface area contributed by atoms with Crippen LogP contribution in [-0.2, 0) is 11.3 Å². The maximum atomic E-state index is 5.87. The quantitative estimate of drug-likeness (QED) is 0.690. The lowest BCUT2D eigenvalue weighted by atomic mass is 10.1. The lowest BCUT2D eigenvalue weighted by Gasteiger charge is -2.04. The third-order valence-corrected chi connectivity index (χ3v) is 3.19. The number of fused-ring (bicyclic) bond motifs is 3. The monoisotopic (exact) mass is 234 g/mol. The number of nitrogens with zero attached hydrogens (tertiary/aromatic N) is 2. The highest BCUT2D eigenvalue weighted by Crippen LogP contribution is 2.25. The summed E-state index contributed by atoms with van der Waals surface area (Å²) in [6.07, 6.45) is 3.84. The summed E-state index contributed by atoms with van der Waals surface area (Å²) in [7, 11) is 0. The first-order chi connectivity index (χ1) is 8.92. The average molecular weight is 234 g/mol. The minimum Gasteiger partial charge on any atom is -0.484 e. The van der Waals surface area contributed by atoms with E-state index in [-0.39, 0.29) is 0 Å². The van der Waals surface area contributed by atoms with Crippen LogP contribution >= 0.6 is 0 Å². The van der Waals surface area contributed by atoms with Gasteiger partial charge in [0.05, 0.1) is 11.1 Å². The summed E-state index contributed by atoms with van der Waals surface area (Å²) in [4.78, 5) is 8.94. The lowest BCUT2D eigenvalue weighted by Crippen LogP contribution is -2.22. The molecule has 4 rings (SSSR count). The van der Waals surface area contributed by atoms with Crippen LogP contribution in [0.2, 0.25) is 0 Å². The van der Waals surface area contributed by atoms with Gasteiger partial charge in [0.2, 0.25) is 0 Å². The van der Waals surface area contributed by atoms with E-state index < -0.39 is 0 Å². The zero-order chi connectivity index (χ0) is 11.9. The molecule has 86 valence electrons. The first kappa shape index (κ1) is 9.59. The van der Waals surface area contributed by atoms with Crippen LogP contribution in [0.25, 0.3) is 11.8 Å². The largest absolute Gasteiger partial charge is 0.484 e. The molecule has 1 aromatic heterocycles. The maximum absolute atomic E-state index is 5.87. The van der Waals surface area contributed by atoms with E-state index in [1.165, 1.54) is 0 Å². The zero-order valence-corrected chi connectivity index (χ0v) is 9.63. The number of hydrogen-bond acceptors (Lipinski definition) is 3. The lowest BCUT2D eigenvalue weighted by molar-refractivity contribution is 0.259. The van der Waals surface area contributed by atoms with Crippen molar-refractivity contribution in [3.05, 3.63) is 70.1 Å². The molecule has 2 aliphatic rings. The predicted molar refractivity (Wildman–Crippen MR) is 67.6 cm³/mol. The van der Waals surface area contributed by atoms with E-state index in [9.17, 15) is 0 Å². The van der Waals surface area contributed by atoms with Crippen LogP contribution in [0.1, 0.15) is 11.3 Å². The van der Waals surface area contributed by atoms with Crippen LogP contribution in [0.4, 0.5) is 0 Å². The van der Waals surface area contributed by atoms with Gasteiger partial charge in [0, 0.05) is 17.0 Å². The Morgan fingerprint density at radius 1 is 1.06 bits per heavy atom. The fourth-order valence-electron chi connectivity index (χ4n) is 2.32. The molecule has 0 saturated carbocycles. The molecule has 0 fully saturated rings. The van der Waals surface area contributed by atoms with Crippen molar-refractivity contribution in [3.8, 4) is 0 Å². The molecule has 0 unspecified atom stereocenters. The van der Waals surface area contributed by atoms with Crippen LogP contribution < -0.4 is 10.6 Å². The molecule has 3 heterocycles. The van der Waals surface area contributed by atoms with E-state index in [1.54, 1.807) is 6.20 Å². The van der Waals surface area contributed by atoms with E-state index in [2.05, 4.69) is 9.98 Å². The molecule has 2 aromatic rings. The Labute approximate surface area is 104 Å². The number of para-hydroxylation sites is 1. The Bertz CT molecular complexity index is 790. The normalized spacial score (nSPS) is 15.6. The van der Waals surface area contributed by atoms with Gasteiger partial charge < -0.3 is 4.74 Å². The minimum absolute atomic E-state index is 0.495. The molecule has 3 heteroatoms. The molecule has 0 N–H and O–H groups in total. The van der Waals surface area contributed by atoms with Gasteiger partial charge in [-0.2, -0.15) is 0 Å². The van der Waals surface area contributed by atoms with Crippen molar-refractivity contribution >= 4 is 11.8 Å². The Kier molecular flexibility index (Phi) is 1.88. The Balaban J connectivity index is 2.01. The van der Waals surface area contributed by atoms with E-state index in [4.69, 9.17) is 4.74 Å². The van der Waals surface area contributed by atoms with Gasteiger partial charge in [-0.1, -0.05) is 18.2 Å². The third-order valence-electron chi connectivity index (χ3n) is 3.19. The fourth-order valence-corrected chi connectivity index (χ4v) is 2.32. The fraction of sp³-hybridized carbons (Fsp3) is 0.0667. The van der Waals surface area contributed by atoms with Crippen LogP contribution in [0, 0.1) is 0 Å². The molecule has 18 heavy (non-hydrogen) atoms. The van der Waals surface area contributed by atoms with Crippen molar-refractivity contribution < 1.29 is 4.74 Å². The first-order valence-corrected chi connectivity index (χ1v) is 5.89. The number of pyridine rings is 1. The van der Waals surface area contributed by atoms with E-state index in [1.807, 2.05) is 42.5 Å². The van der Waals surface area contributed by atoms with Crippen molar-refractivity contribution in [2.75, 3.05) is 0 Å². The molecule has 0 amide bonds. The van der Waals surface area contributed by atoms with Crippen LogP contribution in [-0.4, -0.2) is 4.98 Å². The summed E-state index contributed by atoms with van der Waals surface area (Å²) >= 11 is 0. The standard InChI is InChI=1S/C15H10N2O/c1-2-6-12-11(5-1)15-13(17-12)8-10-4-3-7-16-14(10)9-18-15/h1-8H,9H2. The Morgan fingerprint density at radius 3 is 3.00 bits per heavy atom. The number of benzene rings is 1. The van der Waals surface area contributed by atoms with Crippen molar-refractivity contribution in [2.45, 2.75) is 6.61 Å². The third kappa shape index (κ3) is 1.31. The van der Waals surface area contributed by atoms with Gasteiger partial charge in [-0.15, -0.1) is 0 Å². The van der Waals surface area contributed by atoms with Gasteiger partial charge in [0.25, 0.3) is 0 Å². The summed E-state index contributed by atoms with van der Waals surface area (Å²) < 4.78 is 5.87. The maximum Gasteiger partial charge on any atom is 0.154 e. The Morgan fingerprint density at radius 2 is 2.00 bits per heavy atom. The van der Waals surface area contributed by atoms with E-state index in [0.717, 1.165) is 33.3 Å². The molecule has 2 aliphatic heterocycles. The van der Waals surface area contributed by atoms with Crippen LogP contribution in [0.15, 0.2) is 53.3 Å². The minimum atomic E-state index is 0.495. The van der Waals surface area contributed by atoms with E-state index >= 15 is 0 Å². The number of rotatable bonds is 0. The molecular weight excluding hydrogens is 224 g/mol. The van der Waals surface area contributed by atoms with Crippen molar-refractivity contribution in [3.63, 3.8) is 0 Å². The van der Waals surface area contributed by atoms with Gasteiger partial charge in [0.15, 0.2) is 5.76 Å². The molecule has 3 nitrogen and oxygen atoms in total. The summed E-state index contributed by atoms with van der Waals surface area (Å²) in [5, 5.41) is 2.04. The van der Waals surface area contributed by atoms with Crippen LogP contribution in [0.3, 0.4) is 0 Å². The highest BCUT2D eigenvalue weighted by molar-refractivity contribution is 5.73. The molecule has 0 spiro atoms. The number of hydrogen-bond donors (Lipinski definition) is 0. The van der Waals surface area contributed by atoms with Gasteiger partial charge in [-0.05, 0) is 24.3 Å². The number of ether oxygens (including phenoxy) is 1. The first-order valence-electron chi connectivity index (χ1n) is 5.89. The molecule has 0 radical (unpaired) electrons. The van der Waals surface area contributed by atoms with Gasteiger partial charge in [-0.3, -0.25) is 4.98 Å². The highest BCUT2D eigenvalue weighted by Gasteiger charge is 2.18. The molecule has 0 saturated heterocycles. The second-order valence-corrected chi connectivity index (χ2v) is 4.32. The van der Waals surface area contributed by atoms with Gasteiger partial charge in [-0.25, -0.2) is 4.99 Å². The average Bonchev–Trinajstić information content (AvgIpc) is 2.65. The van der Waals surface area contributed by atoms with E-state index in [0.29, 0.717) is 6.61 Å². The second-order valence-electron chi connectivity index (χ2n) is 4.32. The molecule has 0 aliphatic carbocycles. The molecule has 0 bridgehead atoms. The predicted octanol–water partition coefficient (Wildman–Crippen LogP) is 1.39. The topological polar surface area (TPSA) is 34.5 Å². The molecular formula is C15H10N2O. The summed E-state index contributed by atoms with van der Waals surface area (Å²) in [5.74, 6) is 0.864. The van der Waals surface area contributed by atoms with Crippen molar-refractivity contribution in [1.29, 1.82) is 0 Å². The van der Waals surface area contributed by atoms with Gasteiger partial charge in [0.1, 0.15) is 12.3 Å². The Hall–Kier alpha value is -2.42.